The highest BCUT2D eigenvalue weighted by molar-refractivity contribution is 7.16. The lowest BCUT2D eigenvalue weighted by atomic mass is 10.2. The Morgan fingerprint density at radius 1 is 1.35 bits per heavy atom. The van der Waals surface area contributed by atoms with Crippen molar-refractivity contribution in [2.45, 2.75) is 0 Å². The average Bonchev–Trinajstić information content (AvgIpc) is 3.01. The molecule has 0 aliphatic carbocycles. The minimum atomic E-state index is -0.548. The van der Waals surface area contributed by atoms with Gasteiger partial charge < -0.3 is 9.15 Å². The molecule has 1 heterocycles. The SMILES string of the molecule is COc1cc(/C=N/NC(=O)c2ccc([N+](=O)[O-])cc2)cc2sc(=O)oc12. The number of methoxy groups -OCH3 is 1. The van der Waals surface area contributed by atoms with E-state index in [1.807, 2.05) is 0 Å². The molecule has 0 bridgehead atoms. The Kier molecular flexibility index (Phi) is 4.76. The van der Waals surface area contributed by atoms with E-state index >= 15 is 0 Å². The second-order valence-corrected chi connectivity index (χ2v) is 5.98. The molecule has 1 aromatic heterocycles. The monoisotopic (exact) mass is 373 g/mol. The van der Waals surface area contributed by atoms with Crippen LogP contribution in [0.25, 0.3) is 10.3 Å². The van der Waals surface area contributed by atoms with E-state index in [-0.39, 0.29) is 11.3 Å². The molecule has 0 saturated carbocycles. The topological polar surface area (TPSA) is 124 Å². The van der Waals surface area contributed by atoms with Crippen LogP contribution in [-0.2, 0) is 0 Å². The molecule has 0 spiro atoms. The van der Waals surface area contributed by atoms with E-state index in [2.05, 4.69) is 10.5 Å². The Morgan fingerprint density at radius 2 is 2.08 bits per heavy atom. The molecule has 132 valence electrons. The van der Waals surface area contributed by atoms with Gasteiger partial charge in [0.2, 0.25) is 0 Å². The van der Waals surface area contributed by atoms with Gasteiger partial charge in [-0.25, -0.2) is 10.2 Å². The summed E-state index contributed by atoms with van der Waals surface area (Å²) < 4.78 is 10.8. The Morgan fingerprint density at radius 3 is 2.73 bits per heavy atom. The fraction of sp³-hybridized carbons (Fsp3) is 0.0625. The van der Waals surface area contributed by atoms with Gasteiger partial charge in [-0.15, -0.1) is 0 Å². The van der Waals surface area contributed by atoms with E-state index in [1.165, 1.54) is 37.6 Å². The number of nitrogens with zero attached hydrogens (tertiary/aromatic N) is 2. The average molecular weight is 373 g/mol. The van der Waals surface area contributed by atoms with Crippen molar-refractivity contribution in [1.29, 1.82) is 0 Å². The van der Waals surface area contributed by atoms with Gasteiger partial charge >= 0.3 is 4.94 Å². The van der Waals surface area contributed by atoms with Crippen LogP contribution in [-0.4, -0.2) is 24.2 Å². The third kappa shape index (κ3) is 3.59. The summed E-state index contributed by atoms with van der Waals surface area (Å²) in [5.74, 6) is -0.138. The summed E-state index contributed by atoms with van der Waals surface area (Å²) in [4.78, 5) is 32.9. The maximum absolute atomic E-state index is 12.0. The summed E-state index contributed by atoms with van der Waals surface area (Å²) in [6, 6.07) is 8.42. The molecule has 1 N–H and O–H groups in total. The second-order valence-electron chi connectivity index (χ2n) is 5.01. The van der Waals surface area contributed by atoms with Crippen LogP contribution in [0.4, 0.5) is 5.69 Å². The van der Waals surface area contributed by atoms with Gasteiger partial charge in [-0.1, -0.05) is 11.3 Å². The number of hydrogen-bond acceptors (Lipinski definition) is 8. The van der Waals surface area contributed by atoms with Crippen molar-refractivity contribution in [1.82, 2.24) is 5.43 Å². The van der Waals surface area contributed by atoms with Crippen LogP contribution in [0.5, 0.6) is 5.75 Å². The highest BCUT2D eigenvalue weighted by atomic mass is 32.1. The van der Waals surface area contributed by atoms with E-state index < -0.39 is 15.8 Å². The van der Waals surface area contributed by atoms with Gasteiger partial charge in [-0.3, -0.25) is 14.9 Å². The van der Waals surface area contributed by atoms with E-state index in [0.29, 0.717) is 21.6 Å². The van der Waals surface area contributed by atoms with Gasteiger partial charge in [-0.2, -0.15) is 5.10 Å². The molecule has 3 aromatic rings. The van der Waals surface area contributed by atoms with Crippen LogP contribution in [0.15, 0.2) is 50.7 Å². The van der Waals surface area contributed by atoms with Crippen LogP contribution < -0.4 is 15.1 Å². The molecular weight excluding hydrogens is 362 g/mol. The third-order valence-corrected chi connectivity index (χ3v) is 4.13. The van der Waals surface area contributed by atoms with Crippen molar-refractivity contribution in [2.24, 2.45) is 5.10 Å². The van der Waals surface area contributed by atoms with E-state index in [9.17, 15) is 19.7 Å². The number of amides is 1. The number of ether oxygens (including phenoxy) is 1. The predicted octanol–water partition coefficient (Wildman–Crippen LogP) is 2.54. The van der Waals surface area contributed by atoms with Gasteiger partial charge in [0, 0.05) is 17.7 Å². The fourth-order valence-corrected chi connectivity index (χ4v) is 2.89. The summed E-state index contributed by atoms with van der Waals surface area (Å²) >= 11 is 0.930. The van der Waals surface area contributed by atoms with Gasteiger partial charge in [0.1, 0.15) is 0 Å². The van der Waals surface area contributed by atoms with Crippen molar-refractivity contribution < 1.29 is 18.9 Å². The summed E-state index contributed by atoms with van der Waals surface area (Å²) in [6.07, 6.45) is 1.38. The molecule has 0 radical (unpaired) electrons. The number of hydrogen-bond donors (Lipinski definition) is 1. The molecule has 2 aromatic carbocycles. The predicted molar refractivity (Wildman–Crippen MR) is 95.1 cm³/mol. The zero-order valence-electron chi connectivity index (χ0n) is 13.3. The summed E-state index contributed by atoms with van der Waals surface area (Å²) in [6.45, 7) is 0. The minimum absolute atomic E-state index is 0.107. The maximum atomic E-state index is 12.0. The minimum Gasteiger partial charge on any atom is -0.493 e. The van der Waals surface area contributed by atoms with Crippen molar-refractivity contribution >= 4 is 39.4 Å². The van der Waals surface area contributed by atoms with Gasteiger partial charge in [-0.05, 0) is 29.8 Å². The number of carbonyl (C=O) groups is 1. The number of rotatable bonds is 5. The van der Waals surface area contributed by atoms with E-state index in [1.54, 1.807) is 12.1 Å². The lowest BCUT2D eigenvalue weighted by Gasteiger charge is -2.02. The molecule has 0 aliphatic heterocycles. The van der Waals surface area contributed by atoms with Crippen LogP contribution in [0.1, 0.15) is 15.9 Å². The Labute approximate surface area is 149 Å². The van der Waals surface area contributed by atoms with Crippen molar-refractivity contribution in [2.75, 3.05) is 7.11 Å². The zero-order valence-corrected chi connectivity index (χ0v) is 14.1. The summed E-state index contributed by atoms with van der Waals surface area (Å²) in [5, 5.41) is 14.5. The van der Waals surface area contributed by atoms with Gasteiger partial charge in [0.05, 0.1) is 22.9 Å². The van der Waals surface area contributed by atoms with E-state index in [0.717, 1.165) is 11.3 Å². The number of carbonyl (C=O) groups excluding carboxylic acids is 1. The maximum Gasteiger partial charge on any atom is 0.396 e. The number of nitro groups is 1. The number of benzene rings is 2. The van der Waals surface area contributed by atoms with E-state index in [4.69, 9.17) is 9.15 Å². The lowest BCUT2D eigenvalue weighted by molar-refractivity contribution is -0.384. The number of non-ortho nitro benzene ring substituents is 1. The zero-order chi connectivity index (χ0) is 18.7. The quantitative estimate of drug-likeness (QED) is 0.416. The number of hydrazone groups is 1. The molecule has 0 aliphatic rings. The first-order valence-electron chi connectivity index (χ1n) is 7.17. The van der Waals surface area contributed by atoms with Crippen LogP contribution in [0.2, 0.25) is 0 Å². The molecule has 0 fully saturated rings. The summed E-state index contributed by atoms with van der Waals surface area (Å²) in [5.41, 5.74) is 3.40. The number of fused-ring (bicyclic) bond motifs is 1. The van der Waals surface area contributed by atoms with Crippen molar-refractivity contribution in [3.8, 4) is 5.75 Å². The van der Waals surface area contributed by atoms with Crippen LogP contribution in [0.3, 0.4) is 0 Å². The highest BCUT2D eigenvalue weighted by Crippen LogP contribution is 2.28. The Hall–Kier alpha value is -3.53. The molecule has 10 heteroatoms. The second kappa shape index (κ2) is 7.15. The standard InChI is InChI=1S/C16H11N3O6S/c1-24-12-6-9(7-13-14(12)25-16(21)26-13)8-17-18-15(20)10-2-4-11(5-3-10)19(22)23/h2-8H,1H3,(H,18,20)/b17-8+. The lowest BCUT2D eigenvalue weighted by Crippen LogP contribution is -2.17. The molecule has 26 heavy (non-hydrogen) atoms. The molecule has 0 unspecified atom stereocenters. The highest BCUT2D eigenvalue weighted by Gasteiger charge is 2.11. The molecule has 1 amide bonds. The van der Waals surface area contributed by atoms with Crippen molar-refractivity contribution in [3.05, 3.63) is 67.4 Å². The summed E-state index contributed by atoms with van der Waals surface area (Å²) in [7, 11) is 1.45. The molecular formula is C16H11N3O6S. The first-order chi connectivity index (χ1) is 12.5. The Balaban J connectivity index is 1.75. The fourth-order valence-electron chi connectivity index (χ4n) is 2.16. The van der Waals surface area contributed by atoms with Crippen molar-refractivity contribution in [3.63, 3.8) is 0 Å². The van der Waals surface area contributed by atoms with Crippen LogP contribution >= 0.6 is 11.3 Å². The molecule has 0 saturated heterocycles. The smallest absolute Gasteiger partial charge is 0.396 e. The Bertz CT molecular complexity index is 1070. The van der Waals surface area contributed by atoms with Crippen LogP contribution in [0, 0.1) is 10.1 Å². The number of nitro benzene ring substituents is 1. The third-order valence-electron chi connectivity index (χ3n) is 3.36. The first kappa shape index (κ1) is 17.3. The largest absolute Gasteiger partial charge is 0.493 e. The molecule has 0 atom stereocenters. The normalized spacial score (nSPS) is 11.0. The first-order valence-corrected chi connectivity index (χ1v) is 7.99. The molecule has 9 nitrogen and oxygen atoms in total. The molecule has 3 rings (SSSR count). The number of nitrogens with one attached hydrogen (secondary N) is 1. The van der Waals surface area contributed by atoms with Gasteiger partial charge in [0.15, 0.2) is 11.3 Å². The van der Waals surface area contributed by atoms with Gasteiger partial charge in [0.25, 0.3) is 11.6 Å².